The van der Waals surface area contributed by atoms with Gasteiger partial charge in [-0.1, -0.05) is 22.9 Å². The van der Waals surface area contributed by atoms with E-state index >= 15 is 0 Å². The number of halogens is 1. The molecule has 7 heteroatoms. The van der Waals surface area contributed by atoms with Gasteiger partial charge in [0.05, 0.1) is 0 Å². The zero-order valence-electron chi connectivity index (χ0n) is 16.7. The summed E-state index contributed by atoms with van der Waals surface area (Å²) in [5.41, 5.74) is 1.43. The van der Waals surface area contributed by atoms with Gasteiger partial charge in [0.2, 0.25) is 0 Å². The van der Waals surface area contributed by atoms with Crippen LogP contribution in [0.25, 0.3) is 5.69 Å². The van der Waals surface area contributed by atoms with E-state index < -0.39 is 5.56 Å². The van der Waals surface area contributed by atoms with Gasteiger partial charge >= 0.3 is 0 Å². The topological polar surface area (TPSA) is 80.2 Å². The van der Waals surface area contributed by atoms with Gasteiger partial charge in [0.15, 0.2) is 0 Å². The van der Waals surface area contributed by atoms with E-state index in [-0.39, 0.29) is 23.4 Å². The maximum absolute atomic E-state index is 12.8. The standard InChI is InChI=1S/C23H22BrN3O3/c1-3-15(2)25-22(29)20-5-4-14-27(23(20)30)19-12-10-18(11-13-19)26-21(28)16-6-8-17(24)9-7-16/h4-15H,3H2,1-2H3,(H,25,29)(H,26,28)/t15-/m1/s1. The number of hydrogen-bond donors (Lipinski definition) is 2. The van der Waals surface area contributed by atoms with Gasteiger partial charge in [-0.15, -0.1) is 0 Å². The molecule has 0 saturated carbocycles. The molecule has 6 nitrogen and oxygen atoms in total. The smallest absolute Gasteiger partial charge is 0.267 e. The van der Waals surface area contributed by atoms with Crippen LogP contribution in [-0.2, 0) is 0 Å². The number of aromatic nitrogens is 1. The summed E-state index contributed by atoms with van der Waals surface area (Å²) in [4.78, 5) is 37.5. The molecule has 2 amide bonds. The zero-order valence-corrected chi connectivity index (χ0v) is 18.3. The molecule has 0 aliphatic heterocycles. The fourth-order valence-electron chi connectivity index (χ4n) is 2.78. The highest BCUT2D eigenvalue weighted by Gasteiger charge is 2.14. The van der Waals surface area contributed by atoms with Crippen molar-refractivity contribution in [3.8, 4) is 5.69 Å². The fourth-order valence-corrected chi connectivity index (χ4v) is 3.05. The first-order valence-electron chi connectivity index (χ1n) is 9.59. The SMILES string of the molecule is CC[C@@H](C)NC(=O)c1cccn(-c2ccc(NC(=O)c3ccc(Br)cc3)cc2)c1=O. The Kier molecular flexibility index (Phi) is 6.84. The summed E-state index contributed by atoms with van der Waals surface area (Å²) >= 11 is 3.34. The van der Waals surface area contributed by atoms with Crippen LogP contribution in [0.3, 0.4) is 0 Å². The van der Waals surface area contributed by atoms with Crippen LogP contribution in [0, 0.1) is 0 Å². The highest BCUT2D eigenvalue weighted by molar-refractivity contribution is 9.10. The summed E-state index contributed by atoms with van der Waals surface area (Å²) in [7, 11) is 0. The van der Waals surface area contributed by atoms with Crippen molar-refractivity contribution in [2.24, 2.45) is 0 Å². The van der Waals surface area contributed by atoms with Crippen LogP contribution in [-0.4, -0.2) is 22.4 Å². The molecule has 0 aliphatic rings. The van der Waals surface area contributed by atoms with Gasteiger partial charge in [-0.3, -0.25) is 19.0 Å². The van der Waals surface area contributed by atoms with Crippen molar-refractivity contribution < 1.29 is 9.59 Å². The number of rotatable bonds is 6. The minimum absolute atomic E-state index is 0.0147. The average molecular weight is 468 g/mol. The second-order valence-corrected chi connectivity index (χ2v) is 7.80. The number of pyridine rings is 1. The number of nitrogens with one attached hydrogen (secondary N) is 2. The molecule has 0 saturated heterocycles. The summed E-state index contributed by atoms with van der Waals surface area (Å²) in [5.74, 6) is -0.613. The largest absolute Gasteiger partial charge is 0.349 e. The number of nitrogens with zero attached hydrogens (tertiary/aromatic N) is 1. The van der Waals surface area contributed by atoms with Gasteiger partial charge in [-0.25, -0.2) is 0 Å². The van der Waals surface area contributed by atoms with Gasteiger partial charge in [0.1, 0.15) is 5.56 Å². The lowest BCUT2D eigenvalue weighted by Gasteiger charge is -2.13. The van der Waals surface area contributed by atoms with E-state index in [4.69, 9.17) is 0 Å². The Bertz CT molecular complexity index is 1110. The third-order valence-corrected chi connectivity index (χ3v) is 5.22. The maximum Gasteiger partial charge on any atom is 0.267 e. The van der Waals surface area contributed by atoms with E-state index in [0.29, 0.717) is 16.9 Å². The molecule has 0 fully saturated rings. The molecule has 0 spiro atoms. The fraction of sp³-hybridized carbons (Fsp3) is 0.174. The normalized spacial score (nSPS) is 11.6. The summed E-state index contributed by atoms with van der Waals surface area (Å²) in [6.45, 7) is 3.85. The van der Waals surface area contributed by atoms with E-state index in [9.17, 15) is 14.4 Å². The van der Waals surface area contributed by atoms with Crippen molar-refractivity contribution in [3.05, 3.63) is 92.8 Å². The Labute approximate surface area is 183 Å². The molecule has 30 heavy (non-hydrogen) atoms. The molecule has 2 aromatic carbocycles. The Hall–Kier alpha value is -3.19. The van der Waals surface area contributed by atoms with Crippen molar-refractivity contribution >= 4 is 33.4 Å². The number of amides is 2. The molecule has 1 aromatic heterocycles. The summed E-state index contributed by atoms with van der Waals surface area (Å²) < 4.78 is 2.31. The lowest BCUT2D eigenvalue weighted by molar-refractivity contribution is 0.0936. The summed E-state index contributed by atoms with van der Waals surface area (Å²) in [6, 6.07) is 17.1. The van der Waals surface area contributed by atoms with Gasteiger partial charge < -0.3 is 10.6 Å². The Morgan fingerprint density at radius 2 is 1.67 bits per heavy atom. The highest BCUT2D eigenvalue weighted by atomic mass is 79.9. The lowest BCUT2D eigenvalue weighted by atomic mass is 10.2. The second-order valence-electron chi connectivity index (χ2n) is 6.89. The molecule has 2 N–H and O–H groups in total. The number of carbonyl (C=O) groups is 2. The molecular weight excluding hydrogens is 446 g/mol. The first-order valence-corrected chi connectivity index (χ1v) is 10.4. The molecule has 154 valence electrons. The van der Waals surface area contributed by atoms with Crippen LogP contribution in [0.5, 0.6) is 0 Å². The van der Waals surface area contributed by atoms with Crippen LogP contribution in [0.2, 0.25) is 0 Å². The van der Waals surface area contributed by atoms with Crippen LogP contribution < -0.4 is 16.2 Å². The van der Waals surface area contributed by atoms with Gasteiger partial charge in [-0.2, -0.15) is 0 Å². The quantitative estimate of drug-likeness (QED) is 0.564. The maximum atomic E-state index is 12.8. The molecule has 1 atom stereocenters. The van der Waals surface area contributed by atoms with E-state index in [0.717, 1.165) is 10.9 Å². The second kappa shape index (κ2) is 9.54. The first-order chi connectivity index (χ1) is 14.4. The van der Waals surface area contributed by atoms with Crippen molar-refractivity contribution in [2.45, 2.75) is 26.3 Å². The summed E-state index contributed by atoms with van der Waals surface area (Å²) in [6.07, 6.45) is 2.39. The number of hydrogen-bond acceptors (Lipinski definition) is 3. The van der Waals surface area contributed by atoms with Crippen LogP contribution in [0.4, 0.5) is 5.69 Å². The third kappa shape index (κ3) is 5.04. The van der Waals surface area contributed by atoms with E-state index in [2.05, 4.69) is 26.6 Å². The molecule has 1 heterocycles. The first kappa shape index (κ1) is 21.5. The average Bonchev–Trinajstić information content (AvgIpc) is 2.74. The highest BCUT2D eigenvalue weighted by Crippen LogP contribution is 2.15. The Morgan fingerprint density at radius 3 is 2.30 bits per heavy atom. The minimum atomic E-state index is -0.398. The van der Waals surface area contributed by atoms with Crippen molar-refractivity contribution in [2.75, 3.05) is 5.32 Å². The molecule has 3 rings (SSSR count). The van der Waals surface area contributed by atoms with Gasteiger partial charge in [0, 0.05) is 33.6 Å². The monoisotopic (exact) mass is 467 g/mol. The molecule has 0 unspecified atom stereocenters. The Balaban J connectivity index is 1.78. The minimum Gasteiger partial charge on any atom is -0.349 e. The zero-order chi connectivity index (χ0) is 21.7. The number of benzene rings is 2. The van der Waals surface area contributed by atoms with E-state index in [1.165, 1.54) is 10.6 Å². The predicted molar refractivity (Wildman–Crippen MR) is 121 cm³/mol. The molecule has 0 radical (unpaired) electrons. The van der Waals surface area contributed by atoms with Crippen LogP contribution >= 0.6 is 15.9 Å². The van der Waals surface area contributed by atoms with E-state index in [1.54, 1.807) is 60.8 Å². The van der Waals surface area contributed by atoms with Crippen molar-refractivity contribution in [1.82, 2.24) is 9.88 Å². The molecular formula is C23H22BrN3O3. The van der Waals surface area contributed by atoms with E-state index in [1.807, 2.05) is 13.8 Å². The lowest BCUT2D eigenvalue weighted by Crippen LogP contribution is -2.36. The number of carbonyl (C=O) groups excluding carboxylic acids is 2. The van der Waals surface area contributed by atoms with Crippen LogP contribution in [0.15, 0.2) is 76.1 Å². The van der Waals surface area contributed by atoms with Crippen molar-refractivity contribution in [1.29, 1.82) is 0 Å². The molecule has 3 aromatic rings. The van der Waals surface area contributed by atoms with Gasteiger partial charge in [-0.05, 0) is 74.0 Å². The predicted octanol–water partition coefficient (Wildman–Crippen LogP) is 4.38. The van der Waals surface area contributed by atoms with Crippen LogP contribution in [0.1, 0.15) is 41.0 Å². The van der Waals surface area contributed by atoms with Gasteiger partial charge in [0.25, 0.3) is 17.4 Å². The van der Waals surface area contributed by atoms with Crippen molar-refractivity contribution in [3.63, 3.8) is 0 Å². The summed E-state index contributed by atoms with van der Waals surface area (Å²) in [5, 5.41) is 5.64. The molecule has 0 aliphatic carbocycles. The Morgan fingerprint density at radius 1 is 1.00 bits per heavy atom. The molecule has 0 bridgehead atoms. The third-order valence-electron chi connectivity index (χ3n) is 4.69. The number of anilines is 1.